The highest BCUT2D eigenvalue weighted by Crippen LogP contribution is 2.15. The number of rotatable bonds is 1. The van der Waals surface area contributed by atoms with Gasteiger partial charge in [-0.3, -0.25) is 4.55 Å². The monoisotopic (exact) mass is 272 g/mol. The summed E-state index contributed by atoms with van der Waals surface area (Å²) < 4.78 is 30.2. The normalized spacial score (nSPS) is 10.5. The summed E-state index contributed by atoms with van der Waals surface area (Å²) in [5.41, 5.74) is 0. The first kappa shape index (κ1) is 11.9. The summed E-state index contributed by atoms with van der Waals surface area (Å²) in [5, 5.41) is 0. The number of hydrogen-bond donors (Lipinski definition) is 1. The Hall–Kier alpha value is -0.100. The molecule has 0 aliphatic rings. The third kappa shape index (κ3) is 3.10. The molecule has 0 radical (unpaired) electrons. The van der Waals surface area contributed by atoms with Gasteiger partial charge in [-0.2, -0.15) is 8.42 Å². The molecule has 0 saturated carbocycles. The number of halogens is 2. The van der Waals surface area contributed by atoms with Crippen molar-refractivity contribution in [2.24, 2.45) is 0 Å². The van der Waals surface area contributed by atoms with Gasteiger partial charge >= 0.3 is 0 Å². The van der Waals surface area contributed by atoms with E-state index in [2.05, 4.69) is 15.9 Å². The first-order chi connectivity index (χ1) is 5.00. The van der Waals surface area contributed by atoms with E-state index in [-0.39, 0.29) is 17.3 Å². The van der Waals surface area contributed by atoms with Crippen molar-refractivity contribution in [1.29, 1.82) is 0 Å². The van der Waals surface area contributed by atoms with Crippen LogP contribution in [0.2, 0.25) is 0 Å². The van der Waals surface area contributed by atoms with Gasteiger partial charge in [0.05, 0.1) is 4.90 Å². The van der Waals surface area contributed by atoms with Crippen LogP contribution in [0.25, 0.3) is 0 Å². The van der Waals surface area contributed by atoms with Crippen LogP contribution in [0, 0.1) is 0 Å². The van der Waals surface area contributed by atoms with Crippen LogP contribution < -0.4 is 0 Å². The zero-order chi connectivity index (χ0) is 8.48. The molecule has 68 valence electrons. The fraction of sp³-hybridized carbons (Fsp3) is 0. The van der Waals surface area contributed by atoms with Gasteiger partial charge in [0.15, 0.2) is 0 Å². The molecule has 0 bridgehead atoms. The maximum Gasteiger partial charge on any atom is 0.294 e. The van der Waals surface area contributed by atoms with Gasteiger partial charge in [-0.05, 0) is 18.2 Å². The summed E-state index contributed by atoms with van der Waals surface area (Å²) in [4.78, 5) is -0.105. The lowest BCUT2D eigenvalue weighted by molar-refractivity contribution is 0.483. The van der Waals surface area contributed by atoms with Gasteiger partial charge in [0.2, 0.25) is 0 Å². The highest BCUT2D eigenvalue weighted by atomic mass is 79.9. The predicted octanol–water partition coefficient (Wildman–Crippen LogP) is 2.12. The summed E-state index contributed by atoms with van der Waals surface area (Å²) in [5.74, 6) is 0. The Morgan fingerprint density at radius 1 is 1.33 bits per heavy atom. The van der Waals surface area contributed by atoms with Gasteiger partial charge in [0.25, 0.3) is 10.1 Å². The maximum absolute atomic E-state index is 10.5. The lowest BCUT2D eigenvalue weighted by Gasteiger charge is -1.95. The fourth-order valence-electron chi connectivity index (χ4n) is 0.627. The van der Waals surface area contributed by atoms with Crippen molar-refractivity contribution in [3.8, 4) is 0 Å². The van der Waals surface area contributed by atoms with Crippen molar-refractivity contribution in [1.82, 2.24) is 0 Å². The van der Waals surface area contributed by atoms with E-state index in [1.54, 1.807) is 6.07 Å². The molecule has 12 heavy (non-hydrogen) atoms. The van der Waals surface area contributed by atoms with Gasteiger partial charge in [0.1, 0.15) is 0 Å². The van der Waals surface area contributed by atoms with Gasteiger partial charge < -0.3 is 0 Å². The standard InChI is InChI=1S/C6H5BrO3S.ClH/c7-5-2-1-3-6(4-5)11(8,9)10;/h1-4H,(H,8,9,10);1H. The largest absolute Gasteiger partial charge is 0.294 e. The van der Waals surface area contributed by atoms with Crippen LogP contribution in [0.1, 0.15) is 0 Å². The molecule has 0 aliphatic carbocycles. The molecule has 0 aliphatic heterocycles. The van der Waals surface area contributed by atoms with Crippen LogP contribution in [0.15, 0.2) is 33.6 Å². The van der Waals surface area contributed by atoms with E-state index in [1.807, 2.05) is 0 Å². The SMILES string of the molecule is Cl.O=S(=O)(O)c1cccc(Br)c1. The van der Waals surface area contributed by atoms with Crippen LogP contribution >= 0.6 is 28.3 Å². The lowest BCUT2D eigenvalue weighted by Crippen LogP contribution is -1.96. The Morgan fingerprint density at radius 2 is 1.92 bits per heavy atom. The van der Waals surface area contributed by atoms with E-state index in [4.69, 9.17) is 4.55 Å². The smallest absolute Gasteiger partial charge is 0.282 e. The van der Waals surface area contributed by atoms with Crippen LogP contribution in [-0.2, 0) is 10.1 Å². The third-order valence-corrected chi connectivity index (χ3v) is 2.44. The van der Waals surface area contributed by atoms with E-state index in [0.717, 1.165) is 0 Å². The second-order valence-electron chi connectivity index (χ2n) is 1.93. The molecule has 0 aromatic heterocycles. The van der Waals surface area contributed by atoms with E-state index >= 15 is 0 Å². The minimum Gasteiger partial charge on any atom is -0.282 e. The molecule has 6 heteroatoms. The van der Waals surface area contributed by atoms with E-state index in [0.29, 0.717) is 4.47 Å². The average molecular weight is 274 g/mol. The van der Waals surface area contributed by atoms with Gasteiger partial charge in [-0.25, -0.2) is 0 Å². The molecule has 1 rings (SSSR count). The summed E-state index contributed by atoms with van der Waals surface area (Å²) in [6, 6.07) is 5.86. The zero-order valence-electron chi connectivity index (χ0n) is 5.77. The van der Waals surface area contributed by atoms with E-state index in [9.17, 15) is 8.42 Å². The second-order valence-corrected chi connectivity index (χ2v) is 4.27. The second kappa shape index (κ2) is 4.23. The van der Waals surface area contributed by atoms with Crippen LogP contribution in [0.3, 0.4) is 0 Å². The lowest BCUT2D eigenvalue weighted by atomic mass is 10.4. The van der Waals surface area contributed by atoms with Gasteiger partial charge in [0, 0.05) is 4.47 Å². The van der Waals surface area contributed by atoms with Crippen molar-refractivity contribution in [2.45, 2.75) is 4.90 Å². The Morgan fingerprint density at radius 3 is 2.25 bits per heavy atom. The summed E-state index contributed by atoms with van der Waals surface area (Å²) >= 11 is 3.08. The number of benzene rings is 1. The highest BCUT2D eigenvalue weighted by Gasteiger charge is 2.07. The summed E-state index contributed by atoms with van der Waals surface area (Å²) in [6.07, 6.45) is 0. The molecule has 3 nitrogen and oxygen atoms in total. The molecule has 0 spiro atoms. The molecule has 0 heterocycles. The quantitative estimate of drug-likeness (QED) is 0.798. The number of hydrogen-bond acceptors (Lipinski definition) is 2. The molecule has 1 aromatic rings. The van der Waals surface area contributed by atoms with E-state index < -0.39 is 10.1 Å². The van der Waals surface area contributed by atoms with Crippen molar-refractivity contribution < 1.29 is 13.0 Å². The fourth-order valence-corrected chi connectivity index (χ4v) is 1.70. The van der Waals surface area contributed by atoms with Crippen molar-refractivity contribution in [3.05, 3.63) is 28.7 Å². The molecular weight excluding hydrogens is 267 g/mol. The summed E-state index contributed by atoms with van der Waals surface area (Å²) in [6.45, 7) is 0. The average Bonchev–Trinajstić information content (AvgIpc) is 1.86. The molecule has 1 aromatic carbocycles. The van der Waals surface area contributed by atoms with Gasteiger partial charge in [-0.1, -0.05) is 22.0 Å². The third-order valence-electron chi connectivity index (χ3n) is 1.09. The minimum atomic E-state index is -4.06. The summed E-state index contributed by atoms with van der Waals surface area (Å²) in [7, 11) is -4.06. The molecule has 1 N–H and O–H groups in total. The van der Waals surface area contributed by atoms with Crippen molar-refractivity contribution >= 4 is 38.5 Å². The van der Waals surface area contributed by atoms with E-state index in [1.165, 1.54) is 18.2 Å². The topological polar surface area (TPSA) is 54.4 Å². The van der Waals surface area contributed by atoms with Gasteiger partial charge in [-0.15, -0.1) is 12.4 Å². The first-order valence-electron chi connectivity index (χ1n) is 2.73. The highest BCUT2D eigenvalue weighted by molar-refractivity contribution is 9.10. The van der Waals surface area contributed by atoms with Crippen LogP contribution in [-0.4, -0.2) is 13.0 Å². The Kier molecular flexibility index (Phi) is 4.19. The Balaban J connectivity index is 0.00000121. The molecule has 0 atom stereocenters. The predicted molar refractivity (Wildman–Crippen MR) is 51.2 cm³/mol. The van der Waals surface area contributed by atoms with Crippen LogP contribution in [0.5, 0.6) is 0 Å². The molecule has 0 unspecified atom stereocenters. The van der Waals surface area contributed by atoms with Crippen molar-refractivity contribution in [2.75, 3.05) is 0 Å². The molecule has 0 amide bonds. The van der Waals surface area contributed by atoms with Crippen molar-refractivity contribution in [3.63, 3.8) is 0 Å². The maximum atomic E-state index is 10.5. The minimum absolute atomic E-state index is 0. The molecule has 0 saturated heterocycles. The van der Waals surface area contributed by atoms with Crippen LogP contribution in [0.4, 0.5) is 0 Å². The zero-order valence-corrected chi connectivity index (χ0v) is 8.99. The molecular formula is C6H6BrClO3S. The first-order valence-corrected chi connectivity index (χ1v) is 4.96. The Bertz CT molecular complexity index is 363. The Labute approximate surface area is 85.1 Å². The molecule has 0 fully saturated rings.